The van der Waals surface area contributed by atoms with Crippen molar-refractivity contribution < 1.29 is 4.39 Å². The van der Waals surface area contributed by atoms with Gasteiger partial charge in [0.15, 0.2) is 0 Å². The van der Waals surface area contributed by atoms with Crippen LogP contribution in [0.15, 0.2) is 18.5 Å². The van der Waals surface area contributed by atoms with E-state index in [0.717, 1.165) is 36.6 Å². The molecule has 4 rings (SSSR count). The highest BCUT2D eigenvalue weighted by Gasteiger charge is 2.28. The van der Waals surface area contributed by atoms with Crippen molar-refractivity contribution in [2.45, 2.75) is 38.3 Å². The minimum atomic E-state index is -0.449. The monoisotopic (exact) mass is 318 g/mol. The van der Waals surface area contributed by atoms with Crippen LogP contribution in [0.5, 0.6) is 0 Å². The second-order valence-corrected chi connectivity index (χ2v) is 6.47. The molecule has 0 unspecified atom stereocenters. The number of fused-ring (bicyclic) bond motifs is 1. The van der Waals surface area contributed by atoms with Crippen LogP contribution >= 0.6 is 11.6 Å². The second kappa shape index (κ2) is 5.56. The minimum Gasteiger partial charge on any atom is -0.294 e. The van der Waals surface area contributed by atoms with E-state index in [4.69, 9.17) is 16.6 Å². The molecule has 3 heterocycles. The molecule has 0 amide bonds. The van der Waals surface area contributed by atoms with E-state index >= 15 is 0 Å². The summed E-state index contributed by atoms with van der Waals surface area (Å²) in [6, 6.07) is 1.64. The second-order valence-electron chi connectivity index (χ2n) is 6.04. The summed E-state index contributed by atoms with van der Waals surface area (Å²) in [4.78, 5) is 15.0. The summed E-state index contributed by atoms with van der Waals surface area (Å²) >= 11 is 5.90. The Morgan fingerprint density at radius 2 is 2.14 bits per heavy atom. The molecular formula is C16H16ClFN4. The zero-order chi connectivity index (χ0) is 15.1. The van der Waals surface area contributed by atoms with Crippen molar-refractivity contribution in [2.75, 3.05) is 6.54 Å². The highest BCUT2D eigenvalue weighted by atomic mass is 35.5. The van der Waals surface area contributed by atoms with Crippen molar-refractivity contribution in [1.82, 2.24) is 19.9 Å². The first-order valence-corrected chi connectivity index (χ1v) is 7.94. The summed E-state index contributed by atoms with van der Waals surface area (Å²) in [7, 11) is 0. The van der Waals surface area contributed by atoms with Gasteiger partial charge in [-0.05, 0) is 18.9 Å². The van der Waals surface area contributed by atoms with Gasteiger partial charge in [0.25, 0.3) is 0 Å². The quantitative estimate of drug-likeness (QED) is 0.816. The maximum Gasteiger partial charge on any atom is 0.217 e. The Morgan fingerprint density at radius 3 is 2.95 bits per heavy atom. The topological polar surface area (TPSA) is 41.9 Å². The number of rotatable bonds is 3. The molecule has 1 saturated carbocycles. The zero-order valence-corrected chi connectivity index (χ0v) is 12.9. The van der Waals surface area contributed by atoms with Gasteiger partial charge in [0, 0.05) is 61.2 Å². The van der Waals surface area contributed by atoms with Crippen LogP contribution < -0.4 is 0 Å². The largest absolute Gasteiger partial charge is 0.294 e. The number of halogens is 2. The zero-order valence-electron chi connectivity index (χ0n) is 12.1. The molecule has 2 aromatic rings. The summed E-state index contributed by atoms with van der Waals surface area (Å²) < 4.78 is 13.7. The number of aromatic nitrogens is 3. The summed E-state index contributed by atoms with van der Waals surface area (Å²) in [5.74, 6) is 1.13. The van der Waals surface area contributed by atoms with Crippen molar-refractivity contribution in [2.24, 2.45) is 0 Å². The lowest BCUT2D eigenvalue weighted by atomic mass is 10.1. The SMILES string of the molecule is Fc1ncc(Cl)cc1CN1CCc2nc(C3CC3)ncc2C1. The van der Waals surface area contributed by atoms with Gasteiger partial charge in [-0.25, -0.2) is 15.0 Å². The first-order chi connectivity index (χ1) is 10.7. The molecule has 0 saturated heterocycles. The highest BCUT2D eigenvalue weighted by molar-refractivity contribution is 6.30. The van der Waals surface area contributed by atoms with E-state index in [1.807, 2.05) is 6.20 Å². The molecule has 0 radical (unpaired) electrons. The molecule has 6 heteroatoms. The van der Waals surface area contributed by atoms with Crippen LogP contribution in [0.1, 0.15) is 41.4 Å². The van der Waals surface area contributed by atoms with Crippen LogP contribution in [0, 0.1) is 5.95 Å². The fourth-order valence-electron chi connectivity index (χ4n) is 2.88. The standard InChI is InChI=1S/C16H16ClFN4/c17-13-5-11(15(18)19-7-13)8-22-4-3-14-12(9-22)6-20-16(21-14)10-1-2-10/h5-7,10H,1-4,8-9H2. The van der Waals surface area contributed by atoms with Gasteiger partial charge in [0.2, 0.25) is 5.95 Å². The van der Waals surface area contributed by atoms with Gasteiger partial charge in [0.05, 0.1) is 5.02 Å². The van der Waals surface area contributed by atoms with Gasteiger partial charge in [-0.3, -0.25) is 4.90 Å². The molecule has 114 valence electrons. The average molecular weight is 319 g/mol. The molecule has 2 aromatic heterocycles. The van der Waals surface area contributed by atoms with Crippen LogP contribution in [-0.4, -0.2) is 26.4 Å². The summed E-state index contributed by atoms with van der Waals surface area (Å²) in [5, 5.41) is 0.464. The molecule has 0 bridgehead atoms. The third kappa shape index (κ3) is 2.83. The number of nitrogens with zero attached hydrogens (tertiary/aromatic N) is 4. The maximum atomic E-state index is 13.7. The molecule has 0 N–H and O–H groups in total. The van der Waals surface area contributed by atoms with E-state index in [2.05, 4.69) is 14.9 Å². The molecule has 2 aliphatic rings. The predicted octanol–water partition coefficient (Wildman–Crippen LogP) is 3.10. The molecular weight excluding hydrogens is 303 g/mol. The smallest absolute Gasteiger partial charge is 0.217 e. The summed E-state index contributed by atoms with van der Waals surface area (Å²) in [6.07, 6.45) is 6.58. The van der Waals surface area contributed by atoms with E-state index in [1.165, 1.54) is 19.0 Å². The fraction of sp³-hybridized carbons (Fsp3) is 0.438. The van der Waals surface area contributed by atoms with Crippen LogP contribution in [-0.2, 0) is 19.5 Å². The first-order valence-electron chi connectivity index (χ1n) is 7.56. The van der Waals surface area contributed by atoms with Crippen molar-refractivity contribution in [3.05, 3.63) is 52.1 Å². The van der Waals surface area contributed by atoms with Crippen molar-refractivity contribution in [3.8, 4) is 0 Å². The Labute approximate surface area is 133 Å². The third-order valence-corrected chi connectivity index (χ3v) is 4.45. The Hall–Kier alpha value is -1.59. The van der Waals surface area contributed by atoms with Crippen molar-refractivity contribution in [3.63, 3.8) is 0 Å². The number of pyridine rings is 1. The molecule has 0 aromatic carbocycles. The average Bonchev–Trinajstić information content (AvgIpc) is 3.35. The normalized spacial score (nSPS) is 18.3. The van der Waals surface area contributed by atoms with Gasteiger partial charge >= 0.3 is 0 Å². The third-order valence-electron chi connectivity index (χ3n) is 4.25. The van der Waals surface area contributed by atoms with Crippen LogP contribution in [0.3, 0.4) is 0 Å². The summed E-state index contributed by atoms with van der Waals surface area (Å²) in [5.41, 5.74) is 2.83. The molecule has 0 atom stereocenters. The van der Waals surface area contributed by atoms with Gasteiger partial charge in [-0.2, -0.15) is 4.39 Å². The summed E-state index contributed by atoms with van der Waals surface area (Å²) in [6.45, 7) is 2.11. The van der Waals surface area contributed by atoms with Crippen molar-refractivity contribution in [1.29, 1.82) is 0 Å². The highest BCUT2D eigenvalue weighted by Crippen LogP contribution is 2.38. The molecule has 22 heavy (non-hydrogen) atoms. The molecule has 1 aliphatic carbocycles. The van der Waals surface area contributed by atoms with Crippen LogP contribution in [0.2, 0.25) is 5.02 Å². The maximum absolute atomic E-state index is 13.7. The van der Waals surface area contributed by atoms with Crippen LogP contribution in [0.25, 0.3) is 0 Å². The lowest BCUT2D eigenvalue weighted by Gasteiger charge is -2.28. The Morgan fingerprint density at radius 1 is 1.27 bits per heavy atom. The van der Waals surface area contributed by atoms with E-state index in [9.17, 15) is 4.39 Å². The molecule has 1 fully saturated rings. The molecule has 0 spiro atoms. The predicted molar refractivity (Wildman–Crippen MR) is 81.0 cm³/mol. The number of hydrogen-bond acceptors (Lipinski definition) is 4. The van der Waals surface area contributed by atoms with E-state index in [-0.39, 0.29) is 0 Å². The van der Waals surface area contributed by atoms with Gasteiger partial charge in [-0.1, -0.05) is 11.6 Å². The van der Waals surface area contributed by atoms with Gasteiger partial charge in [0.1, 0.15) is 5.82 Å². The van der Waals surface area contributed by atoms with E-state index < -0.39 is 5.95 Å². The molecule has 1 aliphatic heterocycles. The van der Waals surface area contributed by atoms with Gasteiger partial charge in [-0.15, -0.1) is 0 Å². The lowest BCUT2D eigenvalue weighted by molar-refractivity contribution is 0.238. The molecule has 4 nitrogen and oxygen atoms in total. The first kappa shape index (κ1) is 14.0. The Balaban J connectivity index is 1.50. The lowest BCUT2D eigenvalue weighted by Crippen LogP contribution is -2.31. The van der Waals surface area contributed by atoms with Crippen molar-refractivity contribution >= 4 is 11.6 Å². The fourth-order valence-corrected chi connectivity index (χ4v) is 3.06. The van der Waals surface area contributed by atoms with E-state index in [1.54, 1.807) is 6.07 Å². The number of hydrogen-bond donors (Lipinski definition) is 0. The van der Waals surface area contributed by atoms with Gasteiger partial charge < -0.3 is 0 Å². The van der Waals surface area contributed by atoms with E-state index in [0.29, 0.717) is 23.0 Å². The Kier molecular flexibility index (Phi) is 3.54. The van der Waals surface area contributed by atoms with Crippen LogP contribution in [0.4, 0.5) is 4.39 Å². The Bertz CT molecular complexity index is 717. The minimum absolute atomic E-state index is 0.449.